The number of nitrogens with zero attached hydrogens (tertiary/aromatic N) is 8. The summed E-state index contributed by atoms with van der Waals surface area (Å²) in [5.74, 6) is -0.998. The number of rotatable bonds is 21. The Bertz CT molecular complexity index is 2690. The van der Waals surface area contributed by atoms with E-state index in [-0.39, 0.29) is 112 Å². The van der Waals surface area contributed by atoms with Gasteiger partial charge in [0.25, 0.3) is 17.6 Å². The van der Waals surface area contributed by atoms with Crippen LogP contribution in [0.2, 0.25) is 0 Å². The van der Waals surface area contributed by atoms with Crippen molar-refractivity contribution in [3.63, 3.8) is 0 Å². The average molecular weight is 1030 g/mol. The van der Waals surface area contributed by atoms with Crippen LogP contribution in [-0.2, 0) is 41.7 Å². The van der Waals surface area contributed by atoms with Crippen molar-refractivity contribution in [1.82, 2.24) is 55.7 Å². The summed E-state index contributed by atoms with van der Waals surface area (Å²) in [4.78, 5) is 86.1. The number of nitrogens with two attached hydrogens (primary N) is 1. The Morgan fingerprint density at radius 3 is 2.45 bits per heavy atom. The molecule has 0 saturated carbocycles. The fraction of sp³-hybridized carbons (Fsp3) is 0.537. The second kappa shape index (κ2) is 26.0. The van der Waals surface area contributed by atoms with E-state index in [1.165, 1.54) is 15.8 Å². The van der Waals surface area contributed by atoms with Crippen LogP contribution in [0.15, 0.2) is 54.7 Å². The molecular weight excluding hydrogens is 959 g/mol. The Labute approximate surface area is 440 Å². The van der Waals surface area contributed by atoms with Crippen LogP contribution in [0.1, 0.15) is 106 Å². The van der Waals surface area contributed by atoms with Crippen LogP contribution in [0.25, 0.3) is 16.1 Å². The first-order valence-electron chi connectivity index (χ1n) is 25.6. The molecule has 6 atom stereocenters. The lowest BCUT2D eigenvalue weighted by Gasteiger charge is -2.36. The number of likely N-dealkylation sites (N-methyl/N-ethyl adjacent to an activating group) is 2. The minimum Gasteiger partial charge on any atom is -0.467 e. The van der Waals surface area contributed by atoms with Crippen molar-refractivity contribution in [2.24, 2.45) is 5.41 Å². The summed E-state index contributed by atoms with van der Waals surface area (Å²) < 4.78 is 19.3. The number of ether oxygens (including phenoxy) is 3. The Morgan fingerprint density at radius 1 is 1.05 bits per heavy atom. The molecule has 75 heavy (non-hydrogen) atoms. The number of benzene rings is 2. The van der Waals surface area contributed by atoms with Crippen LogP contribution in [0, 0.1) is 18.9 Å². The second-order valence-corrected chi connectivity index (χ2v) is 20.3. The molecule has 2 aliphatic heterocycles. The molecule has 0 spiro atoms. The summed E-state index contributed by atoms with van der Waals surface area (Å²) in [6, 6.07) is 12.7. The molecule has 4 heterocycles. The van der Waals surface area contributed by atoms with Gasteiger partial charge in [0.2, 0.25) is 23.6 Å². The molecule has 2 aromatic carbocycles. The van der Waals surface area contributed by atoms with Gasteiger partial charge in [0.05, 0.1) is 75.5 Å². The quantitative estimate of drug-likeness (QED) is 0.0576. The number of carbonyl (C=O) groups excluding carboxylic acids is 5. The first kappa shape index (κ1) is 57.3. The van der Waals surface area contributed by atoms with E-state index in [0.29, 0.717) is 54.1 Å². The Morgan fingerprint density at radius 2 is 1.77 bits per heavy atom. The van der Waals surface area contributed by atoms with Gasteiger partial charge in [-0.25, -0.2) is 9.97 Å². The minimum atomic E-state index is -0.871. The number of hydrogen-bond donors (Lipinski definition) is 5. The first-order valence-corrected chi connectivity index (χ1v) is 25.6. The average Bonchev–Trinajstić information content (AvgIpc) is 3.98. The summed E-state index contributed by atoms with van der Waals surface area (Å²) in [5, 5.41) is 17.3. The van der Waals surface area contributed by atoms with Crippen LogP contribution in [0.4, 0.5) is 11.6 Å². The maximum Gasteiger partial charge on any atom is 0.262 e. The zero-order valence-corrected chi connectivity index (χ0v) is 45.1. The molecule has 0 radical (unpaired) electrons. The molecule has 404 valence electrons. The lowest BCUT2D eigenvalue weighted by molar-refractivity contribution is -0.144. The van der Waals surface area contributed by atoms with Crippen LogP contribution < -0.4 is 31.7 Å². The normalized spacial score (nSPS) is 17.8. The van der Waals surface area contributed by atoms with E-state index in [1.54, 1.807) is 43.9 Å². The Kier molecular flexibility index (Phi) is 19.8. The summed E-state index contributed by atoms with van der Waals surface area (Å²) in [5.41, 5.74) is 9.76. The third-order valence-electron chi connectivity index (χ3n) is 13.6. The van der Waals surface area contributed by atoms with Crippen LogP contribution in [0.5, 0.6) is 5.88 Å². The van der Waals surface area contributed by atoms with Crippen LogP contribution in [0.3, 0.4) is 0 Å². The molecule has 0 aliphatic carbocycles. The monoisotopic (exact) mass is 1030 g/mol. The Hall–Kier alpha value is -6.99. The van der Waals surface area contributed by atoms with E-state index in [1.807, 2.05) is 84.0 Å². The molecule has 21 nitrogen and oxygen atoms in total. The molecule has 0 unspecified atom stereocenters. The van der Waals surface area contributed by atoms with E-state index in [4.69, 9.17) is 31.6 Å². The lowest BCUT2D eigenvalue weighted by atomic mass is 9.85. The van der Waals surface area contributed by atoms with Gasteiger partial charge in [0.15, 0.2) is 5.82 Å². The second-order valence-electron chi connectivity index (χ2n) is 20.3. The van der Waals surface area contributed by atoms with Crippen LogP contribution in [-0.4, -0.2) is 155 Å². The molecule has 1 fully saturated rings. The minimum absolute atomic E-state index is 0.0596. The van der Waals surface area contributed by atoms with E-state index < -0.39 is 29.6 Å². The van der Waals surface area contributed by atoms with E-state index in [9.17, 15) is 24.0 Å². The van der Waals surface area contributed by atoms with E-state index >= 15 is 0 Å². The number of aromatic nitrogens is 4. The predicted molar refractivity (Wildman–Crippen MR) is 283 cm³/mol. The maximum absolute atomic E-state index is 14.4. The molecule has 5 amide bonds. The summed E-state index contributed by atoms with van der Waals surface area (Å²) in [6.45, 7) is 23.6. The third kappa shape index (κ3) is 14.4. The Balaban J connectivity index is 0.985. The van der Waals surface area contributed by atoms with Crippen molar-refractivity contribution >= 4 is 41.2 Å². The molecule has 6 rings (SSSR count). The standard InChI is InChI=1S/C54H75N13O8/c1-12-40(36-16-14-13-15-17-36)60-50(70)43-29-37(31-66(43)53(72)46(54(5,6)7)62-49(69)34(3)56-8)58-21-25-74-27-26-73-24-20-44(68)64(10)22-23-67-48(57-9)45-41-30-59-47(55)51(61-41)75-35(4)39-28-33(2)18-19-38(39)52(71)65(11)32-42(45)63-67/h13-19,28,30,34-35,37,40,43,46,56,58H,12,20-27,29,31-32H2,1-8,10-11H3,(H2,55,59)(H,60,70)(H,62,69)/t34-,35+,37-,40+,43-,46+/m0/s1. The van der Waals surface area contributed by atoms with Gasteiger partial charge >= 0.3 is 0 Å². The molecule has 2 aliphatic rings. The van der Waals surface area contributed by atoms with Gasteiger partial charge in [-0.05, 0) is 57.7 Å². The van der Waals surface area contributed by atoms with Crippen molar-refractivity contribution in [2.75, 3.05) is 72.9 Å². The number of amides is 5. The SMILES string of the molecule is [C-]#[N+]c1c2c(nn1CCN(C)C(=O)CCOCCOCCN[C@H]1C[C@@H](C(=O)N[C@H](CC)c3ccccc3)N(C(=O)[C@@H](NC(=O)[C@H](C)NC)C(C)(C)C)C1)CN(C)C(=O)c1ccc(C)cc1[C@@H](C)Oc1nc-2cnc1N. The number of likely N-dealkylation sites (tertiary alicyclic amines) is 1. The van der Waals surface area contributed by atoms with Crippen molar-refractivity contribution < 1.29 is 38.2 Å². The molecule has 4 aromatic rings. The van der Waals surface area contributed by atoms with Crippen molar-refractivity contribution in [3.05, 3.63) is 94.1 Å². The maximum atomic E-state index is 14.4. The largest absolute Gasteiger partial charge is 0.467 e. The fourth-order valence-electron chi connectivity index (χ4n) is 9.12. The number of aryl methyl sites for hydroxylation is 1. The van der Waals surface area contributed by atoms with E-state index in [0.717, 1.165) is 11.1 Å². The number of nitrogen functional groups attached to an aromatic ring is 1. The van der Waals surface area contributed by atoms with Crippen molar-refractivity contribution in [2.45, 2.75) is 117 Å². The smallest absolute Gasteiger partial charge is 0.262 e. The molecule has 2 bridgehead atoms. The van der Waals surface area contributed by atoms with Gasteiger partial charge in [-0.1, -0.05) is 82.3 Å². The zero-order chi connectivity index (χ0) is 54.6. The number of anilines is 1. The van der Waals surface area contributed by atoms with Gasteiger partial charge in [-0.2, -0.15) is 4.68 Å². The highest BCUT2D eigenvalue weighted by Crippen LogP contribution is 2.37. The van der Waals surface area contributed by atoms with E-state index in [2.05, 4.69) is 36.1 Å². The van der Waals surface area contributed by atoms with Gasteiger partial charge in [-0.3, -0.25) is 24.0 Å². The lowest BCUT2D eigenvalue weighted by Crippen LogP contribution is -2.59. The van der Waals surface area contributed by atoms with Crippen LogP contribution >= 0.6 is 0 Å². The number of carbonyl (C=O) groups is 5. The summed E-state index contributed by atoms with van der Waals surface area (Å²) in [6.07, 6.45) is 2.02. The highest BCUT2D eigenvalue weighted by molar-refractivity contribution is 5.96. The topological polar surface area (TPSA) is 245 Å². The zero-order valence-electron chi connectivity index (χ0n) is 45.1. The first-order chi connectivity index (χ1) is 35.7. The molecule has 1 saturated heterocycles. The molecule has 6 N–H and O–H groups in total. The summed E-state index contributed by atoms with van der Waals surface area (Å²) in [7, 11) is 5.03. The van der Waals surface area contributed by atoms with Crippen molar-refractivity contribution in [1.29, 1.82) is 0 Å². The number of nitrogens with one attached hydrogen (secondary N) is 4. The molecular formula is C54H75N13O8. The highest BCUT2D eigenvalue weighted by atomic mass is 16.5. The van der Waals surface area contributed by atoms with Gasteiger partial charge < -0.3 is 60.8 Å². The highest BCUT2D eigenvalue weighted by Gasteiger charge is 2.45. The molecule has 2 aromatic heterocycles. The number of hydrogen-bond acceptors (Lipinski definition) is 14. The van der Waals surface area contributed by atoms with Gasteiger partial charge in [0.1, 0.15) is 30.4 Å². The number of fused-ring (bicyclic) bond motifs is 5. The van der Waals surface area contributed by atoms with Gasteiger partial charge in [0, 0.05) is 44.4 Å². The third-order valence-corrected chi connectivity index (χ3v) is 13.6. The fourth-order valence-corrected chi connectivity index (χ4v) is 9.12. The predicted octanol–water partition coefficient (Wildman–Crippen LogP) is 4.35. The van der Waals surface area contributed by atoms with Gasteiger partial charge in [-0.15, -0.1) is 5.10 Å². The molecule has 21 heteroatoms. The van der Waals surface area contributed by atoms with Crippen molar-refractivity contribution in [3.8, 4) is 17.1 Å². The summed E-state index contributed by atoms with van der Waals surface area (Å²) >= 11 is 0.